The monoisotopic (exact) mass is 625 g/mol. The summed E-state index contributed by atoms with van der Waals surface area (Å²) in [4.78, 5) is 17.8. The summed E-state index contributed by atoms with van der Waals surface area (Å²) in [6.07, 6.45) is 7.19. The van der Waals surface area contributed by atoms with Gasteiger partial charge < -0.3 is 19.5 Å². The number of rotatable bonds is 11. The number of benzene rings is 2. The van der Waals surface area contributed by atoms with Crippen LogP contribution in [0.5, 0.6) is 11.5 Å². The van der Waals surface area contributed by atoms with Crippen molar-refractivity contribution < 1.29 is 19.0 Å². The highest BCUT2D eigenvalue weighted by atomic mass is 35.5. The number of amides is 1. The van der Waals surface area contributed by atoms with E-state index in [-0.39, 0.29) is 0 Å². The molecule has 2 heterocycles. The molecule has 43 heavy (non-hydrogen) atoms. The quantitative estimate of drug-likeness (QED) is 0.261. The Labute approximate surface area is 265 Å². The zero-order valence-electron chi connectivity index (χ0n) is 25.0. The minimum Gasteiger partial charge on any atom is -0.494 e. The van der Waals surface area contributed by atoms with Crippen LogP contribution in [0.2, 0.25) is 5.02 Å². The van der Waals surface area contributed by atoms with E-state index in [2.05, 4.69) is 16.8 Å². The average Bonchev–Trinajstić information content (AvgIpc) is 3.07. The van der Waals surface area contributed by atoms with Gasteiger partial charge in [-0.05, 0) is 98.5 Å². The van der Waals surface area contributed by atoms with Gasteiger partial charge >= 0.3 is 6.09 Å². The number of carbonyl (C=O) groups is 1. The molecule has 0 spiro atoms. The van der Waals surface area contributed by atoms with Gasteiger partial charge in [0.1, 0.15) is 17.5 Å². The molecule has 7 nitrogen and oxygen atoms in total. The van der Waals surface area contributed by atoms with E-state index in [4.69, 9.17) is 37.4 Å². The molecule has 1 unspecified atom stereocenters. The normalized spacial score (nSPS) is 20.5. The highest BCUT2D eigenvalue weighted by molar-refractivity contribution is 6.31. The topological polar surface area (TPSA) is 63.3 Å². The smallest absolute Gasteiger partial charge is 0.416 e. The first kappa shape index (κ1) is 32.7. The predicted octanol–water partition coefficient (Wildman–Crippen LogP) is 7.51. The summed E-state index contributed by atoms with van der Waals surface area (Å²) in [5, 5.41) is 4.68. The van der Waals surface area contributed by atoms with E-state index in [1.807, 2.05) is 56.3 Å². The van der Waals surface area contributed by atoms with Gasteiger partial charge in [0.05, 0.1) is 19.8 Å². The molecule has 1 amide bonds. The maximum atomic E-state index is 13.6. The molecule has 0 aromatic heterocycles. The van der Waals surface area contributed by atoms with Gasteiger partial charge in [-0.3, -0.25) is 9.80 Å². The third-order valence-electron chi connectivity index (χ3n) is 7.50. The highest BCUT2D eigenvalue weighted by Crippen LogP contribution is 2.34. The minimum absolute atomic E-state index is 0.399. The molecule has 2 aliphatic heterocycles. The molecule has 2 aliphatic rings. The minimum atomic E-state index is -0.484. The van der Waals surface area contributed by atoms with Crippen molar-refractivity contribution >= 4 is 29.3 Å². The number of allylic oxidation sites excluding steroid dienone is 5. The first-order valence-electron chi connectivity index (χ1n) is 14.8. The van der Waals surface area contributed by atoms with Crippen LogP contribution < -0.4 is 14.8 Å². The van der Waals surface area contributed by atoms with Crippen LogP contribution >= 0.6 is 23.2 Å². The lowest BCUT2D eigenvalue weighted by Crippen LogP contribution is -2.41. The molecule has 0 bridgehead atoms. The van der Waals surface area contributed by atoms with Crippen molar-refractivity contribution in [2.75, 3.05) is 52.5 Å². The Morgan fingerprint density at radius 2 is 1.77 bits per heavy atom. The molecule has 0 aliphatic carbocycles. The molecule has 9 heteroatoms. The van der Waals surface area contributed by atoms with Crippen molar-refractivity contribution in [1.82, 2.24) is 15.1 Å². The molecule has 0 radical (unpaired) electrons. The summed E-state index contributed by atoms with van der Waals surface area (Å²) in [6.45, 7) is 14.4. The van der Waals surface area contributed by atoms with Gasteiger partial charge in [-0.15, -0.1) is 0 Å². The number of likely N-dealkylation sites (N-methyl/N-ethyl adjacent to an activating group) is 1. The van der Waals surface area contributed by atoms with Crippen LogP contribution in [0.4, 0.5) is 4.79 Å². The fraction of sp³-hybridized carbons (Fsp3) is 0.382. The number of carbonyl (C=O) groups excluding carboxylic acids is 1. The van der Waals surface area contributed by atoms with E-state index < -0.39 is 12.1 Å². The molecular formula is C34H41Cl2N3O4. The van der Waals surface area contributed by atoms with Crippen molar-refractivity contribution in [2.45, 2.75) is 32.7 Å². The Morgan fingerprint density at radius 3 is 2.47 bits per heavy atom. The van der Waals surface area contributed by atoms with Gasteiger partial charge in [0, 0.05) is 41.9 Å². The van der Waals surface area contributed by atoms with E-state index in [0.29, 0.717) is 35.5 Å². The van der Waals surface area contributed by atoms with E-state index in [9.17, 15) is 4.79 Å². The van der Waals surface area contributed by atoms with E-state index in [1.165, 1.54) is 0 Å². The Hall–Kier alpha value is -3.23. The van der Waals surface area contributed by atoms with Gasteiger partial charge in [0.25, 0.3) is 0 Å². The Bertz CT molecular complexity index is 1320. The molecular weight excluding hydrogens is 585 g/mol. The second-order valence-electron chi connectivity index (χ2n) is 10.5. The van der Waals surface area contributed by atoms with Crippen molar-refractivity contribution in [3.8, 4) is 11.5 Å². The van der Waals surface area contributed by atoms with Crippen LogP contribution in [0.15, 0.2) is 95.2 Å². The summed E-state index contributed by atoms with van der Waals surface area (Å²) in [5.41, 5.74) is 3.39. The number of ether oxygens (including phenoxy) is 3. The molecule has 230 valence electrons. The standard InChI is InChI=1S/C34H41Cl2N3O4/c1-4-39(34(40)43-31-15-11-28(35)12-16-31)33(32-26(3)25(2)24-29(36)8-7-17-37-32)27-9-13-30(14-10-27)42-21-6-5-18-38-19-22-41-23-20-38/h7-16,24,33,37H,2,4-6,17-23H2,1,3H3/b8-7-,29-24+,32-26-. The maximum Gasteiger partial charge on any atom is 0.416 e. The highest BCUT2D eigenvalue weighted by Gasteiger charge is 2.31. The second kappa shape index (κ2) is 16.6. The largest absolute Gasteiger partial charge is 0.494 e. The van der Waals surface area contributed by atoms with E-state index in [1.54, 1.807) is 29.2 Å². The summed E-state index contributed by atoms with van der Waals surface area (Å²) in [5.74, 6) is 1.20. The predicted molar refractivity (Wildman–Crippen MR) is 174 cm³/mol. The molecule has 4 rings (SSSR count). The summed E-state index contributed by atoms with van der Waals surface area (Å²) in [7, 11) is 0. The number of hydrogen-bond donors (Lipinski definition) is 1. The maximum absolute atomic E-state index is 13.6. The van der Waals surface area contributed by atoms with Crippen molar-refractivity contribution in [3.05, 3.63) is 106 Å². The van der Waals surface area contributed by atoms with Gasteiger partial charge in [0.2, 0.25) is 0 Å². The molecule has 2 aromatic rings. The van der Waals surface area contributed by atoms with Crippen LogP contribution in [0.1, 0.15) is 38.3 Å². The number of nitrogens with zero attached hydrogens (tertiary/aromatic N) is 2. The zero-order valence-corrected chi connectivity index (χ0v) is 26.5. The van der Waals surface area contributed by atoms with Crippen LogP contribution in [-0.4, -0.2) is 68.4 Å². The van der Waals surface area contributed by atoms with E-state index in [0.717, 1.165) is 73.8 Å². The van der Waals surface area contributed by atoms with Gasteiger partial charge in [-0.1, -0.05) is 48.0 Å². The van der Waals surface area contributed by atoms with Gasteiger partial charge in [-0.25, -0.2) is 4.79 Å². The molecule has 2 aromatic carbocycles. The third-order valence-corrected chi connectivity index (χ3v) is 7.99. The fourth-order valence-corrected chi connectivity index (χ4v) is 5.40. The molecule has 1 atom stereocenters. The lowest BCUT2D eigenvalue weighted by Gasteiger charge is -2.34. The number of hydrogen-bond acceptors (Lipinski definition) is 6. The first-order valence-corrected chi connectivity index (χ1v) is 15.6. The Balaban J connectivity index is 1.54. The number of halogens is 2. The van der Waals surface area contributed by atoms with Crippen molar-refractivity contribution in [2.24, 2.45) is 0 Å². The second-order valence-corrected chi connectivity index (χ2v) is 11.3. The molecule has 1 N–H and O–H groups in total. The fourth-order valence-electron chi connectivity index (χ4n) is 5.05. The molecule has 0 saturated carbocycles. The third kappa shape index (κ3) is 9.63. The summed E-state index contributed by atoms with van der Waals surface area (Å²) < 4.78 is 17.3. The Kier molecular flexibility index (Phi) is 12.6. The average molecular weight is 627 g/mol. The summed E-state index contributed by atoms with van der Waals surface area (Å²) >= 11 is 12.4. The van der Waals surface area contributed by atoms with Gasteiger partial charge in [0.15, 0.2) is 0 Å². The van der Waals surface area contributed by atoms with Crippen LogP contribution in [-0.2, 0) is 4.74 Å². The van der Waals surface area contributed by atoms with Crippen molar-refractivity contribution in [1.29, 1.82) is 0 Å². The van der Waals surface area contributed by atoms with Gasteiger partial charge in [-0.2, -0.15) is 0 Å². The van der Waals surface area contributed by atoms with Crippen molar-refractivity contribution in [3.63, 3.8) is 0 Å². The zero-order chi connectivity index (χ0) is 30.6. The molecule has 1 fully saturated rings. The lowest BCUT2D eigenvalue weighted by molar-refractivity contribution is 0.0368. The lowest BCUT2D eigenvalue weighted by atomic mass is 9.95. The van der Waals surface area contributed by atoms with Crippen LogP contribution in [0.3, 0.4) is 0 Å². The number of unbranched alkanes of at least 4 members (excludes halogenated alkanes) is 1. The summed E-state index contributed by atoms with van der Waals surface area (Å²) in [6, 6.07) is 14.2. The number of nitrogens with one attached hydrogen (secondary N) is 1. The first-order chi connectivity index (χ1) is 20.9. The Morgan fingerprint density at radius 1 is 1.07 bits per heavy atom. The van der Waals surface area contributed by atoms with E-state index >= 15 is 0 Å². The molecule has 1 saturated heterocycles. The van der Waals surface area contributed by atoms with Crippen LogP contribution in [0.25, 0.3) is 0 Å². The van der Waals surface area contributed by atoms with Crippen LogP contribution in [0, 0.1) is 0 Å². The number of morpholine rings is 1. The SMILES string of the molecule is C=C1/C=C(Cl)\C=C/CN/C(C(c2ccc(OCCCCN3CCOCC3)cc2)N(CC)C(=O)Oc2ccc(Cl)cc2)=C\1C.